The van der Waals surface area contributed by atoms with Crippen LogP contribution in [0.25, 0.3) is 0 Å². The van der Waals surface area contributed by atoms with Gasteiger partial charge < -0.3 is 9.84 Å². The van der Waals surface area contributed by atoms with Crippen molar-refractivity contribution >= 4 is 0 Å². The van der Waals surface area contributed by atoms with E-state index in [4.69, 9.17) is 4.74 Å². The summed E-state index contributed by atoms with van der Waals surface area (Å²) < 4.78 is 5.32. The number of benzene rings is 2. The molecule has 2 unspecified atom stereocenters. The van der Waals surface area contributed by atoms with Gasteiger partial charge in [-0.2, -0.15) is 0 Å². The zero-order chi connectivity index (χ0) is 14.7. The summed E-state index contributed by atoms with van der Waals surface area (Å²) in [6.45, 7) is 6.07. The SMILES string of the molecule is COc1cc(C)c(C(O)C(C)c2ccccc2)cc1C. The van der Waals surface area contributed by atoms with Gasteiger partial charge in [0.1, 0.15) is 5.75 Å². The quantitative estimate of drug-likeness (QED) is 0.904. The van der Waals surface area contributed by atoms with Crippen LogP contribution in [0.1, 0.15) is 41.2 Å². The topological polar surface area (TPSA) is 29.5 Å². The molecule has 106 valence electrons. The molecule has 0 heterocycles. The Labute approximate surface area is 121 Å². The van der Waals surface area contributed by atoms with Gasteiger partial charge in [-0.25, -0.2) is 0 Å². The fourth-order valence-electron chi connectivity index (χ4n) is 2.56. The number of aliphatic hydroxyl groups excluding tert-OH is 1. The van der Waals surface area contributed by atoms with Gasteiger partial charge in [-0.3, -0.25) is 0 Å². The Bertz CT molecular complexity index is 575. The molecule has 0 saturated carbocycles. The Balaban J connectivity index is 2.34. The van der Waals surface area contributed by atoms with E-state index in [0.29, 0.717) is 0 Å². The summed E-state index contributed by atoms with van der Waals surface area (Å²) in [7, 11) is 1.67. The molecule has 0 bridgehead atoms. The van der Waals surface area contributed by atoms with Gasteiger partial charge in [-0.1, -0.05) is 37.3 Å². The summed E-state index contributed by atoms with van der Waals surface area (Å²) in [4.78, 5) is 0. The van der Waals surface area contributed by atoms with Crippen molar-refractivity contribution in [2.24, 2.45) is 0 Å². The van der Waals surface area contributed by atoms with Crippen LogP contribution in [0, 0.1) is 13.8 Å². The molecule has 0 saturated heterocycles. The van der Waals surface area contributed by atoms with E-state index in [0.717, 1.165) is 28.0 Å². The maximum atomic E-state index is 10.7. The second-order valence-corrected chi connectivity index (χ2v) is 5.32. The van der Waals surface area contributed by atoms with Crippen molar-refractivity contribution in [3.63, 3.8) is 0 Å². The minimum atomic E-state index is -0.512. The average molecular weight is 270 g/mol. The Hall–Kier alpha value is -1.80. The number of hydrogen-bond donors (Lipinski definition) is 1. The minimum Gasteiger partial charge on any atom is -0.496 e. The Morgan fingerprint density at radius 2 is 1.65 bits per heavy atom. The predicted molar refractivity (Wildman–Crippen MR) is 82.3 cm³/mol. The second-order valence-electron chi connectivity index (χ2n) is 5.32. The number of aryl methyl sites for hydroxylation is 2. The van der Waals surface area contributed by atoms with Crippen LogP contribution in [0.5, 0.6) is 5.75 Å². The fourth-order valence-corrected chi connectivity index (χ4v) is 2.56. The molecule has 0 spiro atoms. The van der Waals surface area contributed by atoms with Crippen molar-refractivity contribution in [2.45, 2.75) is 32.8 Å². The largest absolute Gasteiger partial charge is 0.496 e. The van der Waals surface area contributed by atoms with E-state index >= 15 is 0 Å². The van der Waals surface area contributed by atoms with Crippen LogP contribution in [0.3, 0.4) is 0 Å². The van der Waals surface area contributed by atoms with E-state index in [2.05, 4.69) is 19.1 Å². The van der Waals surface area contributed by atoms with Crippen LogP contribution >= 0.6 is 0 Å². The van der Waals surface area contributed by atoms with E-state index in [1.807, 2.05) is 44.2 Å². The standard InChI is InChI=1S/C18H22O2/c1-12-11-17(20-4)13(2)10-16(12)18(19)14(3)15-8-6-5-7-9-15/h5-11,14,18-19H,1-4H3. The van der Waals surface area contributed by atoms with Gasteiger partial charge in [0.05, 0.1) is 13.2 Å². The van der Waals surface area contributed by atoms with Gasteiger partial charge in [-0.05, 0) is 48.2 Å². The highest BCUT2D eigenvalue weighted by molar-refractivity contribution is 5.43. The summed E-state index contributed by atoms with van der Waals surface area (Å²) in [5.41, 5.74) is 4.22. The highest BCUT2D eigenvalue weighted by Crippen LogP contribution is 2.34. The molecule has 2 atom stereocenters. The lowest BCUT2D eigenvalue weighted by Gasteiger charge is -2.22. The van der Waals surface area contributed by atoms with Crippen molar-refractivity contribution < 1.29 is 9.84 Å². The van der Waals surface area contributed by atoms with Crippen molar-refractivity contribution in [3.05, 3.63) is 64.7 Å². The van der Waals surface area contributed by atoms with Crippen LogP contribution in [0.2, 0.25) is 0 Å². The van der Waals surface area contributed by atoms with Gasteiger partial charge in [0.15, 0.2) is 0 Å². The average Bonchev–Trinajstić information content (AvgIpc) is 2.48. The Kier molecular flexibility index (Phi) is 4.46. The Morgan fingerprint density at radius 1 is 1.00 bits per heavy atom. The second kappa shape index (κ2) is 6.10. The van der Waals surface area contributed by atoms with E-state index in [1.165, 1.54) is 0 Å². The molecule has 0 aliphatic carbocycles. The van der Waals surface area contributed by atoms with Crippen LogP contribution in [0.4, 0.5) is 0 Å². The van der Waals surface area contributed by atoms with Crippen LogP contribution in [-0.2, 0) is 0 Å². The summed E-state index contributed by atoms with van der Waals surface area (Å²) in [5, 5.41) is 10.7. The molecule has 2 heteroatoms. The van der Waals surface area contributed by atoms with Crippen molar-refractivity contribution in [2.75, 3.05) is 7.11 Å². The smallest absolute Gasteiger partial charge is 0.122 e. The molecule has 2 aromatic carbocycles. The zero-order valence-electron chi connectivity index (χ0n) is 12.6. The van der Waals surface area contributed by atoms with Crippen molar-refractivity contribution in [1.29, 1.82) is 0 Å². The molecular formula is C18H22O2. The first-order chi connectivity index (χ1) is 9.54. The predicted octanol–water partition coefficient (Wildman–Crippen LogP) is 4.15. The lowest BCUT2D eigenvalue weighted by Crippen LogP contribution is -2.10. The number of ether oxygens (including phenoxy) is 1. The molecule has 2 aromatic rings. The first-order valence-corrected chi connectivity index (χ1v) is 6.92. The van der Waals surface area contributed by atoms with E-state index in [-0.39, 0.29) is 5.92 Å². The Morgan fingerprint density at radius 3 is 2.25 bits per heavy atom. The fraction of sp³-hybridized carbons (Fsp3) is 0.333. The molecule has 0 aliphatic rings. The lowest BCUT2D eigenvalue weighted by atomic mass is 9.88. The maximum absolute atomic E-state index is 10.7. The minimum absolute atomic E-state index is 0.0581. The first kappa shape index (κ1) is 14.6. The summed E-state index contributed by atoms with van der Waals surface area (Å²) in [6, 6.07) is 14.1. The normalized spacial score (nSPS) is 13.8. The maximum Gasteiger partial charge on any atom is 0.122 e. The number of methoxy groups -OCH3 is 1. The third-order valence-electron chi connectivity index (χ3n) is 3.90. The van der Waals surface area contributed by atoms with Crippen molar-refractivity contribution in [1.82, 2.24) is 0 Å². The molecule has 20 heavy (non-hydrogen) atoms. The third kappa shape index (κ3) is 2.86. The molecule has 0 aromatic heterocycles. The molecule has 2 rings (SSSR count). The molecule has 2 nitrogen and oxygen atoms in total. The highest BCUT2D eigenvalue weighted by atomic mass is 16.5. The zero-order valence-corrected chi connectivity index (χ0v) is 12.6. The number of rotatable bonds is 4. The summed E-state index contributed by atoms with van der Waals surface area (Å²) >= 11 is 0. The molecule has 0 radical (unpaired) electrons. The number of hydrogen-bond acceptors (Lipinski definition) is 2. The molecular weight excluding hydrogens is 248 g/mol. The molecule has 0 fully saturated rings. The van der Waals surface area contributed by atoms with Gasteiger partial charge in [-0.15, -0.1) is 0 Å². The first-order valence-electron chi connectivity index (χ1n) is 6.92. The van der Waals surface area contributed by atoms with E-state index in [9.17, 15) is 5.11 Å². The van der Waals surface area contributed by atoms with Crippen LogP contribution in [-0.4, -0.2) is 12.2 Å². The van der Waals surface area contributed by atoms with Gasteiger partial charge >= 0.3 is 0 Å². The van der Waals surface area contributed by atoms with Gasteiger partial charge in [0.25, 0.3) is 0 Å². The summed E-state index contributed by atoms with van der Waals surface area (Å²) in [5.74, 6) is 0.925. The molecule has 0 aliphatic heterocycles. The third-order valence-corrected chi connectivity index (χ3v) is 3.90. The lowest BCUT2D eigenvalue weighted by molar-refractivity contribution is 0.151. The highest BCUT2D eigenvalue weighted by Gasteiger charge is 2.20. The van der Waals surface area contributed by atoms with Crippen LogP contribution in [0.15, 0.2) is 42.5 Å². The van der Waals surface area contributed by atoms with E-state index < -0.39 is 6.10 Å². The van der Waals surface area contributed by atoms with Crippen LogP contribution < -0.4 is 4.74 Å². The van der Waals surface area contributed by atoms with Gasteiger partial charge in [0, 0.05) is 5.92 Å². The molecule has 0 amide bonds. The monoisotopic (exact) mass is 270 g/mol. The van der Waals surface area contributed by atoms with Gasteiger partial charge in [0.2, 0.25) is 0 Å². The van der Waals surface area contributed by atoms with E-state index in [1.54, 1.807) is 7.11 Å². The molecule has 1 N–H and O–H groups in total. The summed E-state index contributed by atoms with van der Waals surface area (Å²) in [6.07, 6.45) is -0.512. The van der Waals surface area contributed by atoms with Crippen molar-refractivity contribution in [3.8, 4) is 5.75 Å². The number of aliphatic hydroxyl groups is 1.